The summed E-state index contributed by atoms with van der Waals surface area (Å²) in [7, 11) is 0. The first kappa shape index (κ1) is 10.5. The van der Waals surface area contributed by atoms with Crippen molar-refractivity contribution < 1.29 is 0 Å². The average Bonchev–Trinajstić information content (AvgIpc) is 2.91. The predicted octanol–water partition coefficient (Wildman–Crippen LogP) is 1.70. The first-order valence-corrected chi connectivity index (χ1v) is 5.50. The molecule has 0 aliphatic heterocycles. The second kappa shape index (κ2) is 3.96. The maximum Gasteiger partial charge on any atom is 0.154 e. The zero-order valence-electron chi connectivity index (χ0n) is 9.54. The van der Waals surface area contributed by atoms with Crippen LogP contribution in [0.2, 0.25) is 0 Å². The van der Waals surface area contributed by atoms with E-state index in [1.54, 1.807) is 23.1 Å². The van der Waals surface area contributed by atoms with E-state index < -0.39 is 0 Å². The summed E-state index contributed by atoms with van der Waals surface area (Å²) in [4.78, 5) is 4.51. The van der Waals surface area contributed by atoms with Crippen LogP contribution in [0.1, 0.15) is 5.56 Å². The maximum atomic E-state index is 7.66. The highest BCUT2D eigenvalue weighted by Gasteiger charge is 2.08. The van der Waals surface area contributed by atoms with E-state index in [1.165, 1.54) is 0 Å². The molecular formula is C13H11N5. The molecule has 0 bridgehead atoms. The molecule has 0 radical (unpaired) electrons. The molecule has 0 amide bonds. The van der Waals surface area contributed by atoms with Gasteiger partial charge in [-0.3, -0.25) is 5.41 Å². The molecule has 2 heterocycles. The Kier molecular flexibility index (Phi) is 2.30. The van der Waals surface area contributed by atoms with Crippen molar-refractivity contribution in [2.75, 3.05) is 0 Å². The lowest BCUT2D eigenvalue weighted by Crippen LogP contribution is -2.13. The van der Waals surface area contributed by atoms with Crippen molar-refractivity contribution in [3.8, 4) is 5.82 Å². The monoisotopic (exact) mass is 237 g/mol. The van der Waals surface area contributed by atoms with Gasteiger partial charge in [0.25, 0.3) is 0 Å². The standard InChI is InChI=1S/C13H11N5/c14-13(15)10-8-12(18-7-3-6-16-18)17-11-5-2-1-4-9(10)11/h1-8H,(H3,14,15). The SMILES string of the molecule is N=C(N)c1cc(-n2cccn2)nc2ccccc12. The van der Waals surface area contributed by atoms with Gasteiger partial charge in [0.05, 0.1) is 5.52 Å². The first-order chi connectivity index (χ1) is 8.75. The molecule has 2 aromatic heterocycles. The quantitative estimate of drug-likeness (QED) is 0.526. The van der Waals surface area contributed by atoms with Crippen molar-refractivity contribution in [1.29, 1.82) is 5.41 Å². The predicted molar refractivity (Wildman–Crippen MR) is 69.9 cm³/mol. The highest BCUT2D eigenvalue weighted by Crippen LogP contribution is 2.19. The van der Waals surface area contributed by atoms with Gasteiger partial charge >= 0.3 is 0 Å². The third-order valence-corrected chi connectivity index (χ3v) is 2.73. The van der Waals surface area contributed by atoms with Gasteiger partial charge in [-0.1, -0.05) is 18.2 Å². The smallest absolute Gasteiger partial charge is 0.154 e. The minimum Gasteiger partial charge on any atom is -0.384 e. The Labute approximate surface area is 103 Å². The summed E-state index contributed by atoms with van der Waals surface area (Å²) in [6.45, 7) is 0. The number of nitrogens with one attached hydrogen (secondary N) is 1. The molecule has 0 fully saturated rings. The zero-order chi connectivity index (χ0) is 12.5. The molecule has 0 aliphatic rings. The number of benzene rings is 1. The normalized spacial score (nSPS) is 10.7. The molecule has 5 nitrogen and oxygen atoms in total. The Bertz CT molecular complexity index is 715. The summed E-state index contributed by atoms with van der Waals surface area (Å²) in [6, 6.07) is 11.2. The van der Waals surface area contributed by atoms with Crippen LogP contribution in [0.25, 0.3) is 16.7 Å². The summed E-state index contributed by atoms with van der Waals surface area (Å²) in [5.41, 5.74) is 7.10. The molecule has 1 aromatic carbocycles. The second-order valence-electron chi connectivity index (χ2n) is 3.91. The van der Waals surface area contributed by atoms with E-state index in [1.807, 2.05) is 30.3 Å². The molecule has 3 aromatic rings. The van der Waals surface area contributed by atoms with Gasteiger partial charge in [0.1, 0.15) is 5.84 Å². The number of nitrogens with two attached hydrogens (primary N) is 1. The van der Waals surface area contributed by atoms with Gasteiger partial charge < -0.3 is 5.73 Å². The number of hydrogen-bond donors (Lipinski definition) is 2. The van der Waals surface area contributed by atoms with Gasteiger partial charge in [-0.15, -0.1) is 0 Å². The number of para-hydroxylation sites is 1. The molecule has 88 valence electrons. The van der Waals surface area contributed by atoms with Gasteiger partial charge in [0.2, 0.25) is 0 Å². The number of rotatable bonds is 2. The van der Waals surface area contributed by atoms with Crippen LogP contribution in [0.15, 0.2) is 48.8 Å². The fraction of sp³-hybridized carbons (Fsp3) is 0. The van der Waals surface area contributed by atoms with E-state index in [2.05, 4.69) is 10.1 Å². The molecule has 0 atom stereocenters. The van der Waals surface area contributed by atoms with Crippen molar-refractivity contribution in [1.82, 2.24) is 14.8 Å². The fourth-order valence-corrected chi connectivity index (χ4v) is 1.91. The first-order valence-electron chi connectivity index (χ1n) is 5.50. The molecule has 0 aliphatic carbocycles. The summed E-state index contributed by atoms with van der Waals surface area (Å²) < 4.78 is 1.65. The van der Waals surface area contributed by atoms with Gasteiger partial charge in [-0.25, -0.2) is 9.67 Å². The molecule has 0 spiro atoms. The van der Waals surface area contributed by atoms with Crippen molar-refractivity contribution in [3.05, 3.63) is 54.4 Å². The van der Waals surface area contributed by atoms with Crippen LogP contribution in [-0.2, 0) is 0 Å². The second-order valence-corrected chi connectivity index (χ2v) is 3.91. The van der Waals surface area contributed by atoms with E-state index >= 15 is 0 Å². The van der Waals surface area contributed by atoms with Crippen LogP contribution in [0.3, 0.4) is 0 Å². The van der Waals surface area contributed by atoms with Crippen LogP contribution >= 0.6 is 0 Å². The van der Waals surface area contributed by atoms with E-state index in [4.69, 9.17) is 11.1 Å². The topological polar surface area (TPSA) is 80.6 Å². The highest BCUT2D eigenvalue weighted by molar-refractivity contribution is 6.07. The van der Waals surface area contributed by atoms with Crippen molar-refractivity contribution in [2.45, 2.75) is 0 Å². The lowest BCUT2D eigenvalue weighted by Gasteiger charge is -2.08. The van der Waals surface area contributed by atoms with Crippen molar-refractivity contribution in [3.63, 3.8) is 0 Å². The lowest BCUT2D eigenvalue weighted by molar-refractivity contribution is 0.852. The molecule has 0 saturated carbocycles. The number of pyridine rings is 1. The lowest BCUT2D eigenvalue weighted by atomic mass is 10.1. The summed E-state index contributed by atoms with van der Waals surface area (Å²) >= 11 is 0. The molecule has 3 rings (SSSR count). The number of nitrogen functional groups attached to an aromatic ring is 1. The number of nitrogens with zero attached hydrogens (tertiary/aromatic N) is 3. The van der Waals surface area contributed by atoms with E-state index in [0.717, 1.165) is 10.9 Å². The van der Waals surface area contributed by atoms with Crippen LogP contribution in [0.5, 0.6) is 0 Å². The van der Waals surface area contributed by atoms with Crippen LogP contribution in [0, 0.1) is 5.41 Å². The molecule has 5 heteroatoms. The van der Waals surface area contributed by atoms with Crippen molar-refractivity contribution in [2.24, 2.45) is 5.73 Å². The largest absolute Gasteiger partial charge is 0.384 e. The summed E-state index contributed by atoms with van der Waals surface area (Å²) in [6.07, 6.45) is 3.49. The van der Waals surface area contributed by atoms with Crippen LogP contribution < -0.4 is 5.73 Å². The van der Waals surface area contributed by atoms with E-state index in [-0.39, 0.29) is 5.84 Å². The van der Waals surface area contributed by atoms with Crippen LogP contribution in [-0.4, -0.2) is 20.6 Å². The Balaban J connectivity index is 2.33. The van der Waals surface area contributed by atoms with Crippen LogP contribution in [0.4, 0.5) is 0 Å². The average molecular weight is 237 g/mol. The minimum absolute atomic E-state index is 0.0296. The summed E-state index contributed by atoms with van der Waals surface area (Å²) in [5, 5.41) is 12.7. The fourth-order valence-electron chi connectivity index (χ4n) is 1.91. The molecule has 3 N–H and O–H groups in total. The van der Waals surface area contributed by atoms with Crippen molar-refractivity contribution >= 4 is 16.7 Å². The number of amidine groups is 1. The van der Waals surface area contributed by atoms with Gasteiger partial charge in [-0.2, -0.15) is 5.10 Å². The Morgan fingerprint density at radius 1 is 1.22 bits per heavy atom. The van der Waals surface area contributed by atoms with E-state index in [0.29, 0.717) is 11.4 Å². The number of aromatic nitrogens is 3. The molecule has 0 saturated heterocycles. The number of fused-ring (bicyclic) bond motifs is 1. The molecule has 18 heavy (non-hydrogen) atoms. The Hall–Kier alpha value is -2.69. The third kappa shape index (κ3) is 1.62. The Morgan fingerprint density at radius 3 is 2.78 bits per heavy atom. The Morgan fingerprint density at radius 2 is 2.06 bits per heavy atom. The molecular weight excluding hydrogens is 226 g/mol. The highest BCUT2D eigenvalue weighted by atomic mass is 15.3. The van der Waals surface area contributed by atoms with Gasteiger partial charge in [-0.05, 0) is 18.2 Å². The summed E-state index contributed by atoms with van der Waals surface area (Å²) in [5.74, 6) is 0.686. The molecule has 0 unspecified atom stereocenters. The number of hydrogen-bond acceptors (Lipinski definition) is 3. The maximum absolute atomic E-state index is 7.66. The van der Waals surface area contributed by atoms with Gasteiger partial charge in [0.15, 0.2) is 5.82 Å². The third-order valence-electron chi connectivity index (χ3n) is 2.73. The zero-order valence-corrected chi connectivity index (χ0v) is 9.54. The minimum atomic E-state index is 0.0296. The van der Waals surface area contributed by atoms with Gasteiger partial charge in [0, 0.05) is 23.3 Å². The van der Waals surface area contributed by atoms with E-state index in [9.17, 15) is 0 Å².